The van der Waals surface area contributed by atoms with E-state index in [4.69, 9.17) is 0 Å². The Kier molecular flexibility index (Phi) is 5.02. The molecule has 0 saturated heterocycles. The first kappa shape index (κ1) is 17.2. The molecule has 0 aliphatic carbocycles. The molecule has 1 amide bonds. The number of nitrogens with one attached hydrogen (secondary N) is 1. The van der Waals surface area contributed by atoms with Gasteiger partial charge in [0.15, 0.2) is 5.75 Å². The summed E-state index contributed by atoms with van der Waals surface area (Å²) < 4.78 is 42.9. The number of carbonyl (C=O) groups excluding carboxylic acids is 1. The maximum Gasteiger partial charge on any atom is 0.387 e. The predicted molar refractivity (Wildman–Crippen MR) is 75.3 cm³/mol. The SMILES string of the molecule is Cc1nn(CC(=O)Nc2ccc(F)cc2OC(F)F)cc1[N+](=O)[O-]. The van der Waals surface area contributed by atoms with Gasteiger partial charge in [0.2, 0.25) is 5.91 Å². The lowest BCUT2D eigenvalue weighted by Crippen LogP contribution is -2.20. The van der Waals surface area contributed by atoms with Crippen molar-refractivity contribution in [1.82, 2.24) is 9.78 Å². The minimum atomic E-state index is -3.20. The number of aromatic nitrogens is 2. The summed E-state index contributed by atoms with van der Waals surface area (Å²) in [6.07, 6.45) is 1.07. The maximum absolute atomic E-state index is 13.1. The van der Waals surface area contributed by atoms with Crippen LogP contribution in [-0.2, 0) is 11.3 Å². The van der Waals surface area contributed by atoms with Crippen LogP contribution < -0.4 is 10.1 Å². The Balaban J connectivity index is 2.12. The molecule has 0 fully saturated rings. The van der Waals surface area contributed by atoms with E-state index in [1.165, 1.54) is 6.92 Å². The molecule has 1 heterocycles. The summed E-state index contributed by atoms with van der Waals surface area (Å²) in [7, 11) is 0. The number of anilines is 1. The van der Waals surface area contributed by atoms with Crippen LogP contribution in [0.4, 0.5) is 24.5 Å². The fourth-order valence-electron chi connectivity index (χ4n) is 1.90. The first-order valence-electron chi connectivity index (χ1n) is 6.49. The third kappa shape index (κ3) is 4.21. The van der Waals surface area contributed by atoms with Crippen LogP contribution in [0.2, 0.25) is 0 Å². The van der Waals surface area contributed by atoms with Crippen LogP contribution in [0.25, 0.3) is 0 Å². The zero-order valence-corrected chi connectivity index (χ0v) is 12.2. The van der Waals surface area contributed by atoms with Crippen molar-refractivity contribution in [3.63, 3.8) is 0 Å². The van der Waals surface area contributed by atoms with Crippen LogP contribution in [0.5, 0.6) is 5.75 Å². The summed E-state index contributed by atoms with van der Waals surface area (Å²) in [5.41, 5.74) is -0.303. The number of nitrogens with zero attached hydrogens (tertiary/aromatic N) is 3. The molecular weight excluding hydrogens is 333 g/mol. The number of nitro groups is 1. The van der Waals surface area contributed by atoms with Crippen LogP contribution >= 0.6 is 0 Å². The molecule has 0 atom stereocenters. The third-order valence-electron chi connectivity index (χ3n) is 2.86. The Labute approximate surface area is 133 Å². The molecule has 0 radical (unpaired) electrons. The smallest absolute Gasteiger partial charge is 0.387 e. The van der Waals surface area contributed by atoms with Crippen LogP contribution in [0.15, 0.2) is 24.4 Å². The van der Waals surface area contributed by atoms with E-state index in [1.807, 2.05) is 0 Å². The maximum atomic E-state index is 13.1. The van der Waals surface area contributed by atoms with Crippen molar-refractivity contribution in [1.29, 1.82) is 0 Å². The van der Waals surface area contributed by atoms with Crippen molar-refractivity contribution >= 4 is 17.3 Å². The number of benzene rings is 1. The van der Waals surface area contributed by atoms with Gasteiger partial charge < -0.3 is 10.1 Å². The molecule has 0 spiro atoms. The highest BCUT2D eigenvalue weighted by Crippen LogP contribution is 2.27. The minimum Gasteiger partial charge on any atom is -0.432 e. The first-order chi connectivity index (χ1) is 11.3. The van der Waals surface area contributed by atoms with Crippen molar-refractivity contribution in [2.45, 2.75) is 20.1 Å². The molecule has 0 saturated carbocycles. The Bertz CT molecular complexity index is 779. The Morgan fingerprint density at radius 2 is 2.21 bits per heavy atom. The van der Waals surface area contributed by atoms with E-state index in [0.717, 1.165) is 23.0 Å². The summed E-state index contributed by atoms with van der Waals surface area (Å²) in [6, 6.07) is 2.71. The number of rotatable bonds is 6. The van der Waals surface area contributed by atoms with Crippen molar-refractivity contribution in [2.24, 2.45) is 0 Å². The van der Waals surface area contributed by atoms with Crippen LogP contribution in [-0.4, -0.2) is 27.2 Å². The predicted octanol–water partition coefficient (Wildman–Crippen LogP) is 2.48. The average Bonchev–Trinajstić information content (AvgIpc) is 2.82. The lowest BCUT2D eigenvalue weighted by molar-refractivity contribution is -0.385. The Morgan fingerprint density at radius 3 is 2.79 bits per heavy atom. The van der Waals surface area contributed by atoms with Gasteiger partial charge in [0, 0.05) is 6.07 Å². The molecule has 0 unspecified atom stereocenters. The molecule has 11 heteroatoms. The molecule has 0 bridgehead atoms. The first-order valence-corrected chi connectivity index (χ1v) is 6.49. The molecule has 0 aliphatic rings. The number of hydrogen-bond acceptors (Lipinski definition) is 5. The number of ether oxygens (including phenoxy) is 1. The zero-order chi connectivity index (χ0) is 17.9. The van der Waals surface area contributed by atoms with Gasteiger partial charge in [-0.05, 0) is 19.1 Å². The molecule has 1 N–H and O–H groups in total. The van der Waals surface area contributed by atoms with E-state index < -0.39 is 35.6 Å². The van der Waals surface area contributed by atoms with E-state index in [9.17, 15) is 28.1 Å². The van der Waals surface area contributed by atoms with Gasteiger partial charge in [-0.2, -0.15) is 13.9 Å². The lowest BCUT2D eigenvalue weighted by Gasteiger charge is -2.12. The second kappa shape index (κ2) is 6.98. The number of halogens is 3. The van der Waals surface area contributed by atoms with E-state index >= 15 is 0 Å². The third-order valence-corrected chi connectivity index (χ3v) is 2.86. The minimum absolute atomic E-state index is 0.122. The summed E-state index contributed by atoms with van der Waals surface area (Å²) in [4.78, 5) is 22.0. The van der Waals surface area contributed by atoms with E-state index in [2.05, 4.69) is 15.2 Å². The zero-order valence-electron chi connectivity index (χ0n) is 12.2. The van der Waals surface area contributed by atoms with Crippen LogP contribution in [0, 0.1) is 22.9 Å². The van der Waals surface area contributed by atoms with Gasteiger partial charge in [-0.15, -0.1) is 0 Å². The van der Waals surface area contributed by atoms with Gasteiger partial charge in [0.05, 0.1) is 10.6 Å². The van der Waals surface area contributed by atoms with Crippen molar-refractivity contribution in [2.75, 3.05) is 5.32 Å². The van der Waals surface area contributed by atoms with Crippen LogP contribution in [0.3, 0.4) is 0 Å². The van der Waals surface area contributed by atoms with Gasteiger partial charge in [-0.25, -0.2) is 4.39 Å². The van der Waals surface area contributed by atoms with E-state index in [0.29, 0.717) is 6.07 Å². The summed E-state index contributed by atoms with van der Waals surface area (Å²) in [6.45, 7) is -2.19. The second-order valence-electron chi connectivity index (χ2n) is 4.62. The molecule has 24 heavy (non-hydrogen) atoms. The number of alkyl halides is 2. The number of aryl methyl sites for hydroxylation is 1. The molecule has 8 nitrogen and oxygen atoms in total. The topological polar surface area (TPSA) is 99.3 Å². The Hall–Kier alpha value is -3.11. The monoisotopic (exact) mass is 344 g/mol. The van der Waals surface area contributed by atoms with Gasteiger partial charge in [-0.1, -0.05) is 0 Å². The fraction of sp³-hybridized carbons (Fsp3) is 0.231. The molecule has 0 aliphatic heterocycles. The summed E-state index contributed by atoms with van der Waals surface area (Å²) >= 11 is 0. The molecule has 2 aromatic rings. The van der Waals surface area contributed by atoms with Gasteiger partial charge >= 0.3 is 12.3 Å². The standard InChI is InChI=1S/C13H11F3N4O4/c1-7-10(20(22)23)5-19(18-7)6-12(21)17-9-3-2-8(14)4-11(9)24-13(15)16/h2-5,13H,6H2,1H3,(H,17,21). The fourth-order valence-corrected chi connectivity index (χ4v) is 1.90. The highest BCUT2D eigenvalue weighted by Gasteiger charge is 2.18. The molecule has 128 valence electrons. The molecule has 2 rings (SSSR count). The molecule has 1 aromatic carbocycles. The largest absolute Gasteiger partial charge is 0.432 e. The van der Waals surface area contributed by atoms with Gasteiger partial charge in [0.25, 0.3) is 0 Å². The van der Waals surface area contributed by atoms with Crippen molar-refractivity contribution in [3.05, 3.63) is 46.0 Å². The van der Waals surface area contributed by atoms with E-state index in [1.54, 1.807) is 0 Å². The summed E-state index contributed by atoms with van der Waals surface area (Å²) in [5.74, 6) is -2.07. The van der Waals surface area contributed by atoms with E-state index in [-0.39, 0.29) is 17.1 Å². The molecule has 1 aromatic heterocycles. The summed E-state index contributed by atoms with van der Waals surface area (Å²) in [5, 5.41) is 16.8. The van der Waals surface area contributed by atoms with Crippen molar-refractivity contribution < 1.29 is 27.6 Å². The normalized spacial score (nSPS) is 10.7. The molecular formula is C13H11F3N4O4. The van der Waals surface area contributed by atoms with Gasteiger partial charge in [-0.3, -0.25) is 19.6 Å². The highest BCUT2D eigenvalue weighted by molar-refractivity contribution is 5.92. The van der Waals surface area contributed by atoms with Crippen LogP contribution in [0.1, 0.15) is 5.69 Å². The van der Waals surface area contributed by atoms with Gasteiger partial charge in [0.1, 0.15) is 24.3 Å². The second-order valence-corrected chi connectivity index (χ2v) is 4.62. The quantitative estimate of drug-likeness (QED) is 0.641. The Morgan fingerprint density at radius 1 is 1.50 bits per heavy atom. The number of carbonyl (C=O) groups is 1. The highest BCUT2D eigenvalue weighted by atomic mass is 19.3. The lowest BCUT2D eigenvalue weighted by atomic mass is 10.3. The number of amides is 1. The average molecular weight is 344 g/mol. The van der Waals surface area contributed by atoms with Crippen molar-refractivity contribution in [3.8, 4) is 5.75 Å². The number of hydrogen-bond donors (Lipinski definition) is 1.